The Morgan fingerprint density at radius 1 is 1.19 bits per heavy atom. The van der Waals surface area contributed by atoms with Crippen LogP contribution in [0.4, 0.5) is 0 Å². The summed E-state index contributed by atoms with van der Waals surface area (Å²) in [7, 11) is -0.678. The van der Waals surface area contributed by atoms with Crippen molar-refractivity contribution < 1.29 is 22.4 Å². The van der Waals surface area contributed by atoms with Crippen molar-refractivity contribution in [2.75, 3.05) is 14.1 Å². The molecule has 0 amide bonds. The molecule has 3 aromatic rings. The van der Waals surface area contributed by atoms with Gasteiger partial charge in [0.25, 0.3) is 11.8 Å². The minimum absolute atomic E-state index is 0.0922. The van der Waals surface area contributed by atoms with Crippen LogP contribution in [-0.4, -0.2) is 43.0 Å². The fourth-order valence-electron chi connectivity index (χ4n) is 2.15. The SMILES string of the molecule is CC(OC(=O)c1ccc(S(=O)(=O)N(C)C)cc1)c1nnc(-c2cccs2)o1. The number of esters is 1. The summed E-state index contributed by atoms with van der Waals surface area (Å²) in [5.74, 6) is -0.0770. The Balaban J connectivity index is 1.70. The average Bonchev–Trinajstić information content (AvgIpc) is 3.33. The van der Waals surface area contributed by atoms with Gasteiger partial charge in [-0.25, -0.2) is 17.5 Å². The second-order valence-corrected chi connectivity index (χ2v) is 8.88. The highest BCUT2D eigenvalue weighted by Crippen LogP contribution is 2.26. The number of rotatable bonds is 6. The lowest BCUT2D eigenvalue weighted by Gasteiger charge is -2.12. The summed E-state index contributed by atoms with van der Waals surface area (Å²) in [5, 5.41) is 9.75. The van der Waals surface area contributed by atoms with Crippen LogP contribution in [-0.2, 0) is 14.8 Å². The van der Waals surface area contributed by atoms with Crippen LogP contribution in [0, 0.1) is 0 Å². The minimum Gasteiger partial charge on any atom is -0.449 e. The van der Waals surface area contributed by atoms with E-state index in [0.29, 0.717) is 5.89 Å². The predicted octanol–water partition coefficient (Wildman–Crippen LogP) is 2.97. The Labute approximate surface area is 160 Å². The van der Waals surface area contributed by atoms with Gasteiger partial charge >= 0.3 is 5.97 Å². The van der Waals surface area contributed by atoms with Gasteiger partial charge in [0.2, 0.25) is 10.0 Å². The van der Waals surface area contributed by atoms with E-state index in [-0.39, 0.29) is 16.3 Å². The molecule has 0 aliphatic rings. The van der Waals surface area contributed by atoms with Crippen LogP contribution in [0.5, 0.6) is 0 Å². The first-order valence-corrected chi connectivity index (χ1v) is 10.2. The van der Waals surface area contributed by atoms with Gasteiger partial charge in [-0.05, 0) is 42.6 Å². The fourth-order valence-corrected chi connectivity index (χ4v) is 3.70. The smallest absolute Gasteiger partial charge is 0.338 e. The van der Waals surface area contributed by atoms with Crippen molar-refractivity contribution in [3.8, 4) is 10.8 Å². The molecule has 1 aromatic carbocycles. The maximum absolute atomic E-state index is 12.3. The van der Waals surface area contributed by atoms with Gasteiger partial charge in [0.05, 0.1) is 15.3 Å². The lowest BCUT2D eigenvalue weighted by Crippen LogP contribution is -2.22. The summed E-state index contributed by atoms with van der Waals surface area (Å²) in [6.45, 7) is 1.62. The van der Waals surface area contributed by atoms with Gasteiger partial charge < -0.3 is 9.15 Å². The lowest BCUT2D eigenvalue weighted by atomic mass is 10.2. The number of ether oxygens (including phenoxy) is 1. The van der Waals surface area contributed by atoms with Gasteiger partial charge in [-0.3, -0.25) is 0 Å². The van der Waals surface area contributed by atoms with Crippen molar-refractivity contribution in [3.63, 3.8) is 0 Å². The van der Waals surface area contributed by atoms with E-state index in [9.17, 15) is 13.2 Å². The van der Waals surface area contributed by atoms with Crippen LogP contribution in [0.25, 0.3) is 10.8 Å². The van der Waals surface area contributed by atoms with Crippen molar-refractivity contribution in [1.29, 1.82) is 0 Å². The van der Waals surface area contributed by atoms with E-state index >= 15 is 0 Å². The van der Waals surface area contributed by atoms with E-state index in [1.165, 1.54) is 49.7 Å². The second-order valence-electron chi connectivity index (χ2n) is 5.78. The van der Waals surface area contributed by atoms with Gasteiger partial charge in [-0.1, -0.05) is 6.07 Å². The minimum atomic E-state index is -3.56. The highest BCUT2D eigenvalue weighted by molar-refractivity contribution is 7.89. The normalized spacial score (nSPS) is 12.9. The van der Waals surface area contributed by atoms with Crippen molar-refractivity contribution >= 4 is 27.3 Å². The molecule has 0 fully saturated rings. The van der Waals surface area contributed by atoms with Crippen LogP contribution < -0.4 is 0 Å². The Kier molecular flexibility index (Phi) is 5.40. The molecule has 0 radical (unpaired) electrons. The number of benzene rings is 1. The van der Waals surface area contributed by atoms with Crippen LogP contribution >= 0.6 is 11.3 Å². The molecule has 1 unspecified atom stereocenters. The first-order chi connectivity index (χ1) is 12.8. The zero-order valence-corrected chi connectivity index (χ0v) is 16.5. The molecule has 0 aliphatic carbocycles. The van der Waals surface area contributed by atoms with Crippen molar-refractivity contribution in [2.45, 2.75) is 17.9 Å². The molecule has 2 heterocycles. The average molecular weight is 407 g/mol. The summed E-state index contributed by atoms with van der Waals surface area (Å²) >= 11 is 1.46. The number of carbonyl (C=O) groups is 1. The van der Waals surface area contributed by atoms with Crippen LogP contribution in [0.2, 0.25) is 0 Å². The molecule has 0 spiro atoms. The highest BCUT2D eigenvalue weighted by Gasteiger charge is 2.21. The fraction of sp³-hybridized carbons (Fsp3) is 0.235. The molecule has 1 atom stereocenters. The Bertz CT molecular complexity index is 1020. The van der Waals surface area contributed by atoms with Crippen LogP contribution in [0.3, 0.4) is 0 Å². The second kappa shape index (κ2) is 7.59. The van der Waals surface area contributed by atoms with E-state index in [1.807, 2.05) is 17.5 Å². The van der Waals surface area contributed by atoms with Crippen molar-refractivity contribution in [1.82, 2.24) is 14.5 Å². The molecule has 27 heavy (non-hydrogen) atoms. The maximum Gasteiger partial charge on any atom is 0.338 e. The number of hydrogen-bond acceptors (Lipinski definition) is 8. The molecule has 2 aromatic heterocycles. The largest absolute Gasteiger partial charge is 0.449 e. The molecule has 142 valence electrons. The summed E-state index contributed by atoms with van der Waals surface area (Å²) < 4.78 is 36.1. The molecule has 0 aliphatic heterocycles. The molecular weight excluding hydrogens is 390 g/mol. The zero-order valence-electron chi connectivity index (χ0n) is 14.8. The first kappa shape index (κ1) is 19.2. The quantitative estimate of drug-likeness (QED) is 0.579. The van der Waals surface area contributed by atoms with Crippen LogP contribution in [0.15, 0.2) is 51.1 Å². The predicted molar refractivity (Wildman–Crippen MR) is 98.8 cm³/mol. The maximum atomic E-state index is 12.3. The third-order valence-electron chi connectivity index (χ3n) is 3.67. The molecule has 0 saturated heterocycles. The Morgan fingerprint density at radius 3 is 2.48 bits per heavy atom. The summed E-state index contributed by atoms with van der Waals surface area (Å²) in [4.78, 5) is 13.2. The lowest BCUT2D eigenvalue weighted by molar-refractivity contribution is 0.0280. The number of carbonyl (C=O) groups excluding carboxylic acids is 1. The van der Waals surface area contributed by atoms with Gasteiger partial charge in [0.15, 0.2) is 6.10 Å². The third-order valence-corrected chi connectivity index (χ3v) is 6.36. The van der Waals surface area contributed by atoms with Crippen LogP contribution in [0.1, 0.15) is 29.3 Å². The van der Waals surface area contributed by atoms with Crippen molar-refractivity contribution in [2.24, 2.45) is 0 Å². The van der Waals surface area contributed by atoms with E-state index in [0.717, 1.165) is 9.18 Å². The molecule has 8 nitrogen and oxygen atoms in total. The molecule has 0 bridgehead atoms. The number of aromatic nitrogens is 2. The number of hydrogen-bond donors (Lipinski definition) is 0. The molecule has 3 rings (SSSR count). The topological polar surface area (TPSA) is 103 Å². The molecular formula is C17H17N3O5S2. The van der Waals surface area contributed by atoms with Gasteiger partial charge in [-0.2, -0.15) is 0 Å². The van der Waals surface area contributed by atoms with E-state index < -0.39 is 22.1 Å². The molecule has 0 N–H and O–H groups in total. The number of sulfonamides is 1. The van der Waals surface area contributed by atoms with Crippen molar-refractivity contribution in [3.05, 3.63) is 53.2 Å². The third kappa shape index (κ3) is 4.07. The Morgan fingerprint density at radius 2 is 1.89 bits per heavy atom. The summed E-state index contributed by atoms with van der Waals surface area (Å²) in [5.41, 5.74) is 0.220. The molecule has 10 heteroatoms. The first-order valence-electron chi connectivity index (χ1n) is 7.90. The highest BCUT2D eigenvalue weighted by atomic mass is 32.2. The van der Waals surface area contributed by atoms with E-state index in [4.69, 9.17) is 9.15 Å². The standard InChI is InChI=1S/C17H17N3O5S2/c1-11(15-18-19-16(25-15)14-5-4-10-26-14)24-17(21)12-6-8-13(9-7-12)27(22,23)20(2)3/h4-11H,1-3H3. The summed E-state index contributed by atoms with van der Waals surface area (Å²) in [6, 6.07) is 9.23. The van der Waals surface area contributed by atoms with E-state index in [1.54, 1.807) is 6.92 Å². The number of nitrogens with zero attached hydrogens (tertiary/aromatic N) is 3. The summed E-state index contributed by atoms with van der Waals surface area (Å²) in [6.07, 6.45) is -0.746. The van der Waals surface area contributed by atoms with Gasteiger partial charge in [-0.15, -0.1) is 21.5 Å². The molecule has 0 saturated carbocycles. The van der Waals surface area contributed by atoms with E-state index in [2.05, 4.69) is 10.2 Å². The Hall–Kier alpha value is -2.56. The zero-order chi connectivity index (χ0) is 19.6. The number of thiophene rings is 1. The monoisotopic (exact) mass is 407 g/mol. The van der Waals surface area contributed by atoms with Gasteiger partial charge in [0.1, 0.15) is 0 Å². The van der Waals surface area contributed by atoms with Gasteiger partial charge in [0, 0.05) is 14.1 Å².